The van der Waals surface area contributed by atoms with Crippen molar-refractivity contribution < 1.29 is 18.3 Å². The van der Waals surface area contributed by atoms with E-state index in [-0.39, 0.29) is 24.0 Å². The van der Waals surface area contributed by atoms with E-state index in [1.807, 2.05) is 0 Å². The molecular formula is C18H18F2N2O2. The highest BCUT2D eigenvalue weighted by molar-refractivity contribution is 6.13. The van der Waals surface area contributed by atoms with Gasteiger partial charge in [0.15, 0.2) is 17.4 Å². The third kappa shape index (κ3) is 2.20. The molecule has 1 aromatic heterocycles. The van der Waals surface area contributed by atoms with Gasteiger partial charge in [0.05, 0.1) is 17.5 Å². The molecule has 0 N–H and O–H groups in total. The molecule has 1 fully saturated rings. The Morgan fingerprint density at radius 2 is 2.21 bits per heavy atom. The molecule has 1 aliphatic heterocycles. The van der Waals surface area contributed by atoms with E-state index in [0.29, 0.717) is 29.7 Å². The summed E-state index contributed by atoms with van der Waals surface area (Å²) >= 11 is 0. The van der Waals surface area contributed by atoms with Crippen molar-refractivity contribution in [2.45, 2.75) is 45.3 Å². The lowest BCUT2D eigenvalue weighted by Crippen LogP contribution is -2.25. The summed E-state index contributed by atoms with van der Waals surface area (Å²) in [5.74, 6) is -2.10. The number of fused-ring (bicyclic) bond motifs is 2. The zero-order chi connectivity index (χ0) is 16.8. The predicted molar refractivity (Wildman–Crippen MR) is 83.0 cm³/mol. The first-order valence-corrected chi connectivity index (χ1v) is 8.34. The summed E-state index contributed by atoms with van der Waals surface area (Å²) in [7, 11) is 0. The average Bonchev–Trinajstić information content (AvgIpc) is 3.02. The highest BCUT2D eigenvalue weighted by Crippen LogP contribution is 2.34. The van der Waals surface area contributed by atoms with E-state index >= 15 is 0 Å². The number of ether oxygens (including phenoxy) is 1. The zero-order valence-corrected chi connectivity index (χ0v) is 13.4. The molecule has 0 spiro atoms. The Hall–Kier alpha value is -2.08. The number of ketones is 1. The summed E-state index contributed by atoms with van der Waals surface area (Å²) in [6.07, 6.45) is 4.88. The van der Waals surface area contributed by atoms with Crippen LogP contribution >= 0.6 is 0 Å². The summed E-state index contributed by atoms with van der Waals surface area (Å²) in [5.41, 5.74) is 2.18. The van der Waals surface area contributed by atoms with Crippen molar-refractivity contribution in [1.29, 1.82) is 0 Å². The number of halogens is 2. The van der Waals surface area contributed by atoms with Gasteiger partial charge in [-0.05, 0) is 37.3 Å². The first-order chi connectivity index (χ1) is 11.6. The lowest BCUT2D eigenvalue weighted by Gasteiger charge is -2.26. The van der Waals surface area contributed by atoms with E-state index in [9.17, 15) is 13.6 Å². The van der Waals surface area contributed by atoms with Gasteiger partial charge in [-0.15, -0.1) is 0 Å². The lowest BCUT2D eigenvalue weighted by atomic mass is 9.84. The van der Waals surface area contributed by atoms with Crippen LogP contribution in [-0.4, -0.2) is 22.2 Å². The average molecular weight is 332 g/mol. The number of hydrogen-bond acceptors (Lipinski definition) is 3. The maximum Gasteiger partial charge on any atom is 0.197 e. The lowest BCUT2D eigenvalue weighted by molar-refractivity contribution is -0.0409. The molecule has 0 amide bonds. The monoisotopic (exact) mass is 332 g/mol. The van der Waals surface area contributed by atoms with Gasteiger partial charge >= 0.3 is 0 Å². The highest BCUT2D eigenvalue weighted by Gasteiger charge is 2.33. The zero-order valence-electron chi connectivity index (χ0n) is 13.4. The van der Waals surface area contributed by atoms with Crippen LogP contribution in [0.3, 0.4) is 0 Å². The minimum atomic E-state index is -0.920. The van der Waals surface area contributed by atoms with Crippen LogP contribution in [0, 0.1) is 11.6 Å². The second-order valence-corrected chi connectivity index (χ2v) is 6.32. The van der Waals surface area contributed by atoms with E-state index in [1.54, 1.807) is 11.6 Å². The van der Waals surface area contributed by atoms with Gasteiger partial charge in [-0.25, -0.2) is 13.5 Å². The molecule has 6 heteroatoms. The summed E-state index contributed by atoms with van der Waals surface area (Å²) in [5, 5.41) is 4.34. The fraction of sp³-hybridized carbons (Fsp3) is 0.444. The summed E-state index contributed by atoms with van der Waals surface area (Å²) in [6, 6.07) is 1.14. The largest absolute Gasteiger partial charge is 0.357 e. The number of aromatic nitrogens is 2. The molecular weight excluding hydrogens is 314 g/mol. The molecule has 4 nitrogen and oxygen atoms in total. The Morgan fingerprint density at radius 3 is 2.92 bits per heavy atom. The number of rotatable bonds is 2. The molecule has 0 saturated carbocycles. The van der Waals surface area contributed by atoms with Gasteiger partial charge in [-0.3, -0.25) is 4.79 Å². The maximum absolute atomic E-state index is 14.1. The molecule has 2 aromatic rings. The third-order valence-electron chi connectivity index (χ3n) is 4.91. The van der Waals surface area contributed by atoms with Crippen molar-refractivity contribution in [2.75, 3.05) is 6.61 Å². The van der Waals surface area contributed by atoms with Crippen molar-refractivity contribution >= 4 is 5.78 Å². The number of nitrogens with zero attached hydrogens (tertiary/aromatic N) is 2. The Balaban J connectivity index is 1.82. The van der Waals surface area contributed by atoms with Gasteiger partial charge < -0.3 is 4.74 Å². The van der Waals surface area contributed by atoms with Gasteiger partial charge in [0.25, 0.3) is 0 Å². The van der Waals surface area contributed by atoms with Crippen LogP contribution in [0.4, 0.5) is 8.78 Å². The van der Waals surface area contributed by atoms with Gasteiger partial charge in [0, 0.05) is 24.2 Å². The first-order valence-electron chi connectivity index (χ1n) is 8.34. The molecule has 2 aliphatic rings. The smallest absolute Gasteiger partial charge is 0.197 e. The van der Waals surface area contributed by atoms with E-state index in [2.05, 4.69) is 5.10 Å². The number of benzene rings is 1. The minimum absolute atomic E-state index is 0.155. The number of carbonyl (C=O) groups is 1. The number of hydrogen-bond donors (Lipinski definition) is 0. The van der Waals surface area contributed by atoms with Crippen molar-refractivity contribution in [3.63, 3.8) is 0 Å². The Labute approximate surface area is 138 Å². The molecule has 1 atom stereocenters. The first kappa shape index (κ1) is 15.4. The van der Waals surface area contributed by atoms with Gasteiger partial charge in [0.2, 0.25) is 0 Å². The highest BCUT2D eigenvalue weighted by atomic mass is 19.2. The van der Waals surface area contributed by atoms with Crippen LogP contribution in [0.15, 0.2) is 12.3 Å². The molecule has 2 heterocycles. The molecule has 1 aromatic carbocycles. The van der Waals surface area contributed by atoms with Gasteiger partial charge in [0.1, 0.15) is 6.23 Å². The Morgan fingerprint density at radius 1 is 1.38 bits per heavy atom. The van der Waals surface area contributed by atoms with Crippen LogP contribution in [0.5, 0.6) is 0 Å². The van der Waals surface area contributed by atoms with Crippen molar-refractivity contribution in [1.82, 2.24) is 9.78 Å². The third-order valence-corrected chi connectivity index (χ3v) is 4.91. The molecule has 4 rings (SSSR count). The van der Waals surface area contributed by atoms with Crippen molar-refractivity contribution in [3.05, 3.63) is 51.8 Å². The van der Waals surface area contributed by atoms with E-state index < -0.39 is 11.6 Å². The Kier molecular flexibility index (Phi) is 3.72. The summed E-state index contributed by atoms with van der Waals surface area (Å²) in [4.78, 5) is 12.9. The molecule has 24 heavy (non-hydrogen) atoms. The second-order valence-electron chi connectivity index (χ2n) is 6.32. The molecule has 1 aliphatic carbocycles. The van der Waals surface area contributed by atoms with E-state index in [0.717, 1.165) is 31.0 Å². The molecule has 1 unspecified atom stereocenters. The SMILES string of the molecule is CCc1c(F)c(F)cc2c1C(=O)c1cnn(C3CCCCO3)c1C2. The van der Waals surface area contributed by atoms with Crippen LogP contribution in [0.1, 0.15) is 65.2 Å². The molecule has 0 bridgehead atoms. The van der Waals surface area contributed by atoms with Crippen LogP contribution in [-0.2, 0) is 17.6 Å². The Bertz CT molecular complexity index is 823. The predicted octanol–water partition coefficient (Wildman–Crippen LogP) is 3.56. The second kappa shape index (κ2) is 5.77. The van der Waals surface area contributed by atoms with Crippen LogP contribution < -0.4 is 0 Å². The van der Waals surface area contributed by atoms with E-state index in [4.69, 9.17) is 4.74 Å². The molecule has 1 saturated heterocycles. The topological polar surface area (TPSA) is 44.1 Å². The van der Waals surface area contributed by atoms with E-state index in [1.165, 1.54) is 6.20 Å². The summed E-state index contributed by atoms with van der Waals surface area (Å²) in [6.45, 7) is 2.39. The molecule has 126 valence electrons. The molecule has 0 radical (unpaired) electrons. The normalized spacial score (nSPS) is 20.0. The summed E-state index contributed by atoms with van der Waals surface area (Å²) < 4.78 is 35.5. The van der Waals surface area contributed by atoms with Crippen molar-refractivity contribution in [3.8, 4) is 0 Å². The standard InChI is InChI=1S/C18H18F2N2O2/c1-2-11-16-10(7-13(19)17(11)20)8-14-12(18(16)23)9-21-22(14)15-5-3-4-6-24-15/h7,9,15H,2-6,8H2,1H3. The quantitative estimate of drug-likeness (QED) is 0.721. The fourth-order valence-corrected chi connectivity index (χ4v) is 3.72. The fourth-order valence-electron chi connectivity index (χ4n) is 3.72. The minimum Gasteiger partial charge on any atom is -0.357 e. The maximum atomic E-state index is 14.1. The number of carbonyl (C=O) groups excluding carboxylic acids is 1. The van der Waals surface area contributed by atoms with Gasteiger partial charge in [-0.2, -0.15) is 5.10 Å². The van der Waals surface area contributed by atoms with Crippen molar-refractivity contribution in [2.24, 2.45) is 0 Å². The van der Waals surface area contributed by atoms with Crippen LogP contribution in [0.2, 0.25) is 0 Å². The van der Waals surface area contributed by atoms with Gasteiger partial charge in [-0.1, -0.05) is 6.92 Å². The van der Waals surface area contributed by atoms with Crippen LogP contribution in [0.25, 0.3) is 0 Å².